The van der Waals surface area contributed by atoms with E-state index in [0.717, 1.165) is 6.42 Å². The summed E-state index contributed by atoms with van der Waals surface area (Å²) >= 11 is 0. The minimum atomic E-state index is 0.149. The van der Waals surface area contributed by atoms with E-state index < -0.39 is 0 Å². The number of carbonyl (C=O) groups is 1. The van der Waals surface area contributed by atoms with Gasteiger partial charge in [0, 0.05) is 25.4 Å². The number of rotatable bonds is 2. The molecule has 0 aromatic carbocycles. The van der Waals surface area contributed by atoms with Crippen molar-refractivity contribution in [2.75, 3.05) is 0 Å². The highest BCUT2D eigenvalue weighted by Crippen LogP contribution is 2.48. The fourth-order valence-electron chi connectivity index (χ4n) is 3.25. The third kappa shape index (κ3) is 1.20. The number of hydrogen-bond donors (Lipinski definition) is 0. The maximum absolute atomic E-state index is 12.4. The van der Waals surface area contributed by atoms with Crippen LogP contribution in [-0.2, 0) is 7.05 Å². The largest absolute Gasteiger partial charge is 0.332 e. The molecule has 1 fully saturated rings. The lowest BCUT2D eigenvalue weighted by atomic mass is 9.81. The van der Waals surface area contributed by atoms with Gasteiger partial charge >= 0.3 is 0 Å². The molecule has 3 nitrogen and oxygen atoms in total. The van der Waals surface area contributed by atoms with Crippen molar-refractivity contribution in [3.8, 4) is 0 Å². The molecular weight excluding hydrogens is 200 g/mol. The minimum absolute atomic E-state index is 0.149. The van der Waals surface area contributed by atoms with Gasteiger partial charge in [0.2, 0.25) is 5.78 Å². The lowest BCUT2D eigenvalue weighted by molar-refractivity contribution is 0.0852. The number of imidazole rings is 1. The van der Waals surface area contributed by atoms with E-state index >= 15 is 0 Å². The Morgan fingerprint density at radius 3 is 2.75 bits per heavy atom. The molecule has 0 N–H and O–H groups in total. The summed E-state index contributed by atoms with van der Waals surface area (Å²) in [4.78, 5) is 16.6. The van der Waals surface area contributed by atoms with Crippen molar-refractivity contribution in [3.05, 3.63) is 30.4 Å². The van der Waals surface area contributed by atoms with Crippen molar-refractivity contribution < 1.29 is 4.79 Å². The Balaban J connectivity index is 1.92. The molecule has 84 valence electrons. The maximum Gasteiger partial charge on any atom is 0.202 e. The zero-order valence-corrected chi connectivity index (χ0v) is 9.63. The van der Waals surface area contributed by atoms with Crippen LogP contribution in [0.2, 0.25) is 0 Å². The molecule has 16 heavy (non-hydrogen) atoms. The van der Waals surface area contributed by atoms with Crippen LogP contribution in [0.3, 0.4) is 0 Å². The molecule has 0 aliphatic heterocycles. The lowest BCUT2D eigenvalue weighted by Crippen LogP contribution is -2.27. The zero-order valence-electron chi connectivity index (χ0n) is 9.63. The average molecular weight is 216 g/mol. The summed E-state index contributed by atoms with van der Waals surface area (Å²) in [6.45, 7) is 2.19. The van der Waals surface area contributed by atoms with Crippen LogP contribution in [0.5, 0.6) is 0 Å². The van der Waals surface area contributed by atoms with Gasteiger partial charge in [-0.25, -0.2) is 4.98 Å². The highest BCUT2D eigenvalue weighted by atomic mass is 16.1. The predicted molar refractivity (Wildman–Crippen MR) is 60.9 cm³/mol. The number of fused-ring (bicyclic) bond motifs is 2. The van der Waals surface area contributed by atoms with Crippen LogP contribution in [0, 0.1) is 23.7 Å². The summed E-state index contributed by atoms with van der Waals surface area (Å²) < 4.78 is 1.82. The number of ketones is 1. The molecule has 1 heterocycles. The molecule has 0 spiro atoms. The summed E-state index contributed by atoms with van der Waals surface area (Å²) in [5.41, 5.74) is 0. The van der Waals surface area contributed by atoms with Gasteiger partial charge in [-0.1, -0.05) is 19.1 Å². The molecule has 1 aromatic rings. The third-order valence-corrected chi connectivity index (χ3v) is 4.20. The molecule has 0 radical (unpaired) electrons. The van der Waals surface area contributed by atoms with Gasteiger partial charge < -0.3 is 4.57 Å². The minimum Gasteiger partial charge on any atom is -0.332 e. The molecule has 2 aliphatic rings. The lowest BCUT2D eigenvalue weighted by Gasteiger charge is -2.22. The standard InChI is InChI=1S/C13H16N2O/c1-8-9-3-4-10(7-9)11(8)12(16)13-14-5-6-15(13)2/h3-6,8-11H,7H2,1-2H3/t8-,9+,10-,11+/m0/s1. The highest BCUT2D eigenvalue weighted by molar-refractivity contribution is 5.95. The van der Waals surface area contributed by atoms with Gasteiger partial charge in [0.05, 0.1) is 0 Å². The summed E-state index contributed by atoms with van der Waals surface area (Å²) in [6, 6.07) is 0. The van der Waals surface area contributed by atoms with E-state index in [4.69, 9.17) is 0 Å². The number of allylic oxidation sites excluding steroid dienone is 2. The van der Waals surface area contributed by atoms with Gasteiger partial charge in [0.15, 0.2) is 5.82 Å². The Kier molecular flexibility index (Phi) is 2.03. The van der Waals surface area contributed by atoms with Gasteiger partial charge in [0.25, 0.3) is 0 Å². The molecule has 0 unspecified atom stereocenters. The van der Waals surface area contributed by atoms with Gasteiger partial charge in [-0.2, -0.15) is 0 Å². The van der Waals surface area contributed by atoms with Crippen LogP contribution in [0.15, 0.2) is 24.5 Å². The van der Waals surface area contributed by atoms with Crippen LogP contribution in [-0.4, -0.2) is 15.3 Å². The molecule has 3 rings (SSSR count). The van der Waals surface area contributed by atoms with Crippen LogP contribution < -0.4 is 0 Å². The molecule has 0 amide bonds. The summed E-state index contributed by atoms with van der Waals surface area (Å²) in [5, 5.41) is 0. The maximum atomic E-state index is 12.4. The van der Waals surface area contributed by atoms with E-state index in [0.29, 0.717) is 23.6 Å². The molecule has 1 saturated carbocycles. The van der Waals surface area contributed by atoms with E-state index in [1.807, 2.05) is 17.8 Å². The first-order valence-electron chi connectivity index (χ1n) is 5.88. The first-order chi connectivity index (χ1) is 7.68. The summed E-state index contributed by atoms with van der Waals surface area (Å²) in [6.07, 6.45) is 9.18. The van der Waals surface area contributed by atoms with Crippen molar-refractivity contribution in [2.45, 2.75) is 13.3 Å². The van der Waals surface area contributed by atoms with Crippen molar-refractivity contribution >= 4 is 5.78 Å². The van der Waals surface area contributed by atoms with Gasteiger partial charge in [-0.3, -0.25) is 4.79 Å². The van der Waals surface area contributed by atoms with Crippen molar-refractivity contribution in [1.82, 2.24) is 9.55 Å². The molecule has 3 heteroatoms. The fraction of sp³-hybridized carbons (Fsp3) is 0.538. The molecule has 4 atom stereocenters. The zero-order chi connectivity index (χ0) is 11.3. The summed E-state index contributed by atoms with van der Waals surface area (Å²) in [7, 11) is 1.88. The smallest absolute Gasteiger partial charge is 0.202 e. The second kappa shape index (κ2) is 3.30. The van der Waals surface area contributed by atoms with Crippen LogP contribution in [0.25, 0.3) is 0 Å². The quantitative estimate of drug-likeness (QED) is 0.560. The molecule has 2 aliphatic carbocycles. The van der Waals surface area contributed by atoms with Crippen molar-refractivity contribution in [3.63, 3.8) is 0 Å². The summed E-state index contributed by atoms with van der Waals surface area (Å²) in [5.74, 6) is 2.51. The van der Waals surface area contributed by atoms with E-state index in [-0.39, 0.29) is 11.7 Å². The topological polar surface area (TPSA) is 34.9 Å². The third-order valence-electron chi connectivity index (χ3n) is 4.20. The number of aromatic nitrogens is 2. The normalized spacial score (nSPS) is 35.9. The average Bonchev–Trinajstić information content (AvgIpc) is 2.92. The van der Waals surface area contributed by atoms with Crippen molar-refractivity contribution in [2.24, 2.45) is 30.7 Å². The number of carbonyl (C=O) groups excluding carboxylic acids is 1. The van der Waals surface area contributed by atoms with Crippen LogP contribution in [0.4, 0.5) is 0 Å². The first-order valence-corrected chi connectivity index (χ1v) is 5.88. The Hall–Kier alpha value is -1.38. The first kappa shape index (κ1) is 9.82. The van der Waals surface area contributed by atoms with Gasteiger partial charge in [-0.05, 0) is 24.2 Å². The second-order valence-electron chi connectivity index (χ2n) is 5.06. The second-order valence-corrected chi connectivity index (χ2v) is 5.06. The molecular formula is C13H16N2O. The van der Waals surface area contributed by atoms with Crippen LogP contribution in [0.1, 0.15) is 24.0 Å². The predicted octanol–water partition coefficient (Wildman–Crippen LogP) is 2.06. The highest BCUT2D eigenvalue weighted by Gasteiger charge is 2.46. The number of aryl methyl sites for hydroxylation is 1. The number of Topliss-reactive ketones (excluding diaryl/α,β-unsaturated/α-hetero) is 1. The Morgan fingerprint density at radius 1 is 1.44 bits per heavy atom. The van der Waals surface area contributed by atoms with Crippen LogP contribution >= 0.6 is 0 Å². The Morgan fingerprint density at radius 2 is 2.19 bits per heavy atom. The Labute approximate surface area is 95.2 Å². The monoisotopic (exact) mass is 216 g/mol. The molecule has 1 aromatic heterocycles. The van der Waals surface area contributed by atoms with Gasteiger partial charge in [-0.15, -0.1) is 0 Å². The van der Waals surface area contributed by atoms with E-state index in [2.05, 4.69) is 24.1 Å². The van der Waals surface area contributed by atoms with E-state index in [1.165, 1.54) is 0 Å². The Bertz CT molecular complexity index is 460. The van der Waals surface area contributed by atoms with Crippen molar-refractivity contribution in [1.29, 1.82) is 0 Å². The molecule has 2 bridgehead atoms. The van der Waals surface area contributed by atoms with E-state index in [1.54, 1.807) is 6.20 Å². The number of hydrogen-bond acceptors (Lipinski definition) is 2. The van der Waals surface area contributed by atoms with Gasteiger partial charge in [0.1, 0.15) is 0 Å². The number of nitrogens with zero attached hydrogens (tertiary/aromatic N) is 2. The van der Waals surface area contributed by atoms with E-state index in [9.17, 15) is 4.79 Å². The fourth-order valence-corrected chi connectivity index (χ4v) is 3.25. The SMILES string of the molecule is C[C@@H]1[C@@H](C(=O)c2nccn2C)[C@H]2C=C[C@@H]1C2. The molecule has 0 saturated heterocycles.